The van der Waals surface area contributed by atoms with Gasteiger partial charge in [-0.05, 0) is 37.4 Å². The Morgan fingerprint density at radius 1 is 1.09 bits per heavy atom. The summed E-state index contributed by atoms with van der Waals surface area (Å²) >= 11 is 0. The molecule has 1 aromatic carbocycles. The maximum atomic E-state index is 10.0. The second-order valence-electron chi connectivity index (χ2n) is 10.7. The fourth-order valence-electron chi connectivity index (χ4n) is 3.72. The van der Waals surface area contributed by atoms with E-state index in [-0.39, 0.29) is 0 Å². The van der Waals surface area contributed by atoms with Crippen LogP contribution in [-0.2, 0) is 18.0 Å². The monoisotopic (exact) mass is 486 g/mol. The summed E-state index contributed by atoms with van der Waals surface area (Å²) < 4.78 is 9.93. The highest BCUT2D eigenvalue weighted by atomic mass is 28.3. The number of aromatic nitrogens is 4. The third-order valence-electron chi connectivity index (χ3n) is 5.62. The van der Waals surface area contributed by atoms with Gasteiger partial charge < -0.3 is 14.4 Å². The van der Waals surface area contributed by atoms with Crippen LogP contribution in [0.25, 0.3) is 22.0 Å². The smallest absolute Gasteiger partial charge is 0.139 e. The summed E-state index contributed by atoms with van der Waals surface area (Å²) in [6.45, 7) is 12.3. The fraction of sp³-hybridized carbons (Fsp3) is 0.357. The second kappa shape index (κ2) is 10.2. The molecule has 0 radical (unpaired) electrons. The average Bonchev–Trinajstić information content (AvgIpc) is 3.39. The van der Waals surface area contributed by atoms with Crippen LogP contribution in [0.2, 0.25) is 25.7 Å². The van der Waals surface area contributed by atoms with Crippen molar-refractivity contribution in [3.05, 3.63) is 72.4 Å². The van der Waals surface area contributed by atoms with Crippen LogP contribution in [0, 0.1) is 11.8 Å². The average molecular weight is 487 g/mol. The zero-order valence-corrected chi connectivity index (χ0v) is 22.2. The zero-order chi connectivity index (χ0) is 25.1. The van der Waals surface area contributed by atoms with E-state index in [2.05, 4.69) is 76.6 Å². The van der Waals surface area contributed by atoms with Gasteiger partial charge in [0.2, 0.25) is 0 Å². The highest BCUT2D eigenvalue weighted by molar-refractivity contribution is 6.76. The minimum atomic E-state index is -1.12. The molecule has 0 saturated carbocycles. The maximum Gasteiger partial charge on any atom is 0.139 e. The summed E-state index contributed by atoms with van der Waals surface area (Å²) in [5.41, 5.74) is 3.88. The Kier molecular flexibility index (Phi) is 7.27. The molecule has 182 valence electrons. The molecule has 35 heavy (non-hydrogen) atoms. The van der Waals surface area contributed by atoms with Crippen molar-refractivity contribution in [2.24, 2.45) is 0 Å². The van der Waals surface area contributed by atoms with E-state index in [0.29, 0.717) is 12.4 Å². The van der Waals surface area contributed by atoms with Crippen molar-refractivity contribution in [1.29, 1.82) is 0 Å². The van der Waals surface area contributed by atoms with Crippen LogP contribution in [0.3, 0.4) is 0 Å². The first-order valence-corrected chi connectivity index (χ1v) is 15.7. The summed E-state index contributed by atoms with van der Waals surface area (Å²) in [6.07, 6.45) is 7.92. The summed E-state index contributed by atoms with van der Waals surface area (Å²) in [5, 5.41) is 15.6. The molecule has 0 aliphatic rings. The lowest BCUT2D eigenvalue weighted by atomic mass is 10.1. The molecule has 7 heteroatoms. The number of fused-ring (bicyclic) bond motifs is 1. The van der Waals surface area contributed by atoms with Crippen LogP contribution in [-0.4, -0.2) is 44.7 Å². The van der Waals surface area contributed by atoms with E-state index in [0.717, 1.165) is 41.2 Å². The van der Waals surface area contributed by atoms with Gasteiger partial charge in [0.1, 0.15) is 18.0 Å². The van der Waals surface area contributed by atoms with Crippen molar-refractivity contribution in [3.63, 3.8) is 0 Å². The molecule has 0 aliphatic carbocycles. The lowest BCUT2D eigenvalue weighted by Gasteiger charge is -2.15. The predicted octanol–water partition coefficient (Wildman–Crippen LogP) is 5.38. The van der Waals surface area contributed by atoms with Gasteiger partial charge in [-0.15, -0.1) is 0 Å². The van der Waals surface area contributed by atoms with Gasteiger partial charge in [0, 0.05) is 50.1 Å². The summed E-state index contributed by atoms with van der Waals surface area (Å²) in [6, 6.07) is 13.5. The lowest BCUT2D eigenvalue weighted by Crippen LogP contribution is -2.22. The molecule has 0 spiro atoms. The maximum absolute atomic E-state index is 10.0. The fourth-order valence-corrected chi connectivity index (χ4v) is 4.48. The molecule has 4 aromatic rings. The van der Waals surface area contributed by atoms with E-state index < -0.39 is 13.7 Å². The Morgan fingerprint density at radius 3 is 2.57 bits per heavy atom. The molecule has 3 aromatic heterocycles. The van der Waals surface area contributed by atoms with Crippen LogP contribution < -0.4 is 0 Å². The third kappa shape index (κ3) is 6.92. The van der Waals surface area contributed by atoms with Gasteiger partial charge in [0.15, 0.2) is 0 Å². The van der Waals surface area contributed by atoms with Gasteiger partial charge in [0.05, 0.1) is 17.9 Å². The highest BCUT2D eigenvalue weighted by Crippen LogP contribution is 2.31. The largest absolute Gasteiger partial charge is 0.378 e. The Morgan fingerprint density at radius 2 is 1.86 bits per heavy atom. The molecular formula is C28H34N4O2Si. The number of rotatable bonds is 8. The number of hydrogen-bond donors (Lipinski definition) is 1. The molecule has 0 saturated heterocycles. The van der Waals surface area contributed by atoms with Crippen molar-refractivity contribution in [3.8, 4) is 23.0 Å². The molecule has 6 nitrogen and oxygen atoms in total. The van der Waals surface area contributed by atoms with Gasteiger partial charge in [-0.2, -0.15) is 5.10 Å². The third-order valence-corrected chi connectivity index (χ3v) is 7.33. The summed E-state index contributed by atoms with van der Waals surface area (Å²) in [5.74, 6) is 5.87. The number of benzene rings is 1. The number of nitrogens with zero attached hydrogens (tertiary/aromatic N) is 4. The van der Waals surface area contributed by atoms with E-state index in [1.54, 1.807) is 13.8 Å². The minimum absolute atomic E-state index is 0.441. The number of pyridine rings is 1. The summed E-state index contributed by atoms with van der Waals surface area (Å²) in [4.78, 5) is 4.55. The van der Waals surface area contributed by atoms with E-state index in [9.17, 15) is 5.11 Å². The van der Waals surface area contributed by atoms with Crippen molar-refractivity contribution < 1.29 is 9.84 Å². The molecule has 0 fully saturated rings. The molecule has 3 heterocycles. The van der Waals surface area contributed by atoms with E-state index in [4.69, 9.17) is 4.74 Å². The van der Waals surface area contributed by atoms with Crippen LogP contribution in [0.4, 0.5) is 0 Å². The zero-order valence-electron chi connectivity index (χ0n) is 21.2. The topological polar surface area (TPSA) is 65.1 Å². The van der Waals surface area contributed by atoms with Crippen LogP contribution in [0.1, 0.15) is 25.1 Å². The van der Waals surface area contributed by atoms with E-state index in [1.807, 2.05) is 35.4 Å². The molecule has 4 rings (SSSR count). The molecule has 0 atom stereocenters. The Hall–Kier alpha value is -3.18. The van der Waals surface area contributed by atoms with Gasteiger partial charge in [-0.25, -0.2) is 9.67 Å². The SMILES string of the molecule is CC(C)(O)C#Cc1cc2c(-c3cnn(COCC[Si](C)(C)C)c3)cn(Cc3ccccc3)c2cn1. The van der Waals surface area contributed by atoms with Crippen LogP contribution in [0.5, 0.6) is 0 Å². The highest BCUT2D eigenvalue weighted by Gasteiger charge is 2.15. The molecular weight excluding hydrogens is 452 g/mol. The molecule has 0 amide bonds. The van der Waals surface area contributed by atoms with Crippen molar-refractivity contribution in [1.82, 2.24) is 19.3 Å². The van der Waals surface area contributed by atoms with Crippen LogP contribution >= 0.6 is 0 Å². The number of ether oxygens (including phenoxy) is 1. The second-order valence-corrected chi connectivity index (χ2v) is 16.3. The molecule has 0 bridgehead atoms. The van der Waals surface area contributed by atoms with Crippen molar-refractivity contribution in [2.75, 3.05) is 6.61 Å². The van der Waals surface area contributed by atoms with Gasteiger partial charge in [0.25, 0.3) is 0 Å². The van der Waals surface area contributed by atoms with Crippen LogP contribution in [0.15, 0.2) is 61.2 Å². The van der Waals surface area contributed by atoms with Gasteiger partial charge in [-0.1, -0.05) is 55.9 Å². The van der Waals surface area contributed by atoms with Gasteiger partial charge in [-0.3, -0.25) is 0 Å². The summed E-state index contributed by atoms with van der Waals surface area (Å²) in [7, 11) is -1.12. The first-order valence-electron chi connectivity index (χ1n) is 12.0. The minimum Gasteiger partial charge on any atom is -0.378 e. The Balaban J connectivity index is 1.66. The first-order chi connectivity index (χ1) is 16.6. The Bertz CT molecular complexity index is 1350. The van der Waals surface area contributed by atoms with E-state index in [1.165, 1.54) is 5.56 Å². The quantitative estimate of drug-likeness (QED) is 0.206. The number of aliphatic hydroxyl groups is 1. The molecule has 1 N–H and O–H groups in total. The Labute approximate surface area is 208 Å². The lowest BCUT2D eigenvalue weighted by molar-refractivity contribution is 0.0786. The predicted molar refractivity (Wildman–Crippen MR) is 144 cm³/mol. The normalized spacial score (nSPS) is 12.1. The van der Waals surface area contributed by atoms with Gasteiger partial charge >= 0.3 is 0 Å². The standard InChI is InChI=1S/C28H34N4O2Si/c1-28(2,33)12-11-24-15-25-26(23-16-30-32(19-23)21-34-13-14-35(3,4)5)20-31(27(25)17-29-24)18-22-9-7-6-8-10-22/h6-10,15-17,19-20,33H,13-14,18,21H2,1-5H3. The molecule has 0 unspecified atom stereocenters. The van der Waals surface area contributed by atoms with E-state index >= 15 is 0 Å². The molecule has 0 aliphatic heterocycles. The number of hydrogen-bond acceptors (Lipinski definition) is 4. The van der Waals surface area contributed by atoms with Crippen molar-refractivity contribution >= 4 is 19.0 Å². The van der Waals surface area contributed by atoms with Crippen molar-refractivity contribution in [2.45, 2.75) is 58.4 Å². The first kappa shape index (κ1) is 24.9.